The molecule has 0 saturated carbocycles. The van der Waals surface area contributed by atoms with Crippen LogP contribution in [0, 0.1) is 0 Å². The van der Waals surface area contributed by atoms with Crippen molar-refractivity contribution in [1.29, 1.82) is 0 Å². The molecule has 0 aromatic heterocycles. The van der Waals surface area contributed by atoms with Crippen LogP contribution in [0.15, 0.2) is 53.0 Å². The summed E-state index contributed by atoms with van der Waals surface area (Å²) in [5.74, 6) is 0.438. The number of methoxy groups -OCH3 is 1. The SMILES string of the molecule is COc1ccc([C@H](C)NC(=O)C[C@H](NC(C)=O)c2ccccc2)cc1Br. The molecular formula is C20H23BrN2O3. The Bertz CT molecular complexity index is 765. The summed E-state index contributed by atoms with van der Waals surface area (Å²) < 4.78 is 6.06. The van der Waals surface area contributed by atoms with Crippen LogP contribution in [0.3, 0.4) is 0 Å². The van der Waals surface area contributed by atoms with Gasteiger partial charge in [-0.2, -0.15) is 0 Å². The third-order valence-corrected chi connectivity index (χ3v) is 4.64. The topological polar surface area (TPSA) is 67.4 Å². The number of carbonyl (C=O) groups excluding carboxylic acids is 2. The van der Waals surface area contributed by atoms with Gasteiger partial charge in [-0.15, -0.1) is 0 Å². The Kier molecular flexibility index (Phi) is 7.21. The molecule has 2 rings (SSSR count). The molecule has 0 spiro atoms. The second kappa shape index (κ2) is 9.38. The van der Waals surface area contributed by atoms with Gasteiger partial charge in [0.25, 0.3) is 0 Å². The molecule has 2 amide bonds. The molecule has 0 aliphatic rings. The van der Waals surface area contributed by atoms with Gasteiger partial charge < -0.3 is 15.4 Å². The zero-order valence-electron chi connectivity index (χ0n) is 15.1. The zero-order valence-corrected chi connectivity index (χ0v) is 16.7. The van der Waals surface area contributed by atoms with E-state index in [4.69, 9.17) is 4.74 Å². The molecular weight excluding hydrogens is 396 g/mol. The number of ether oxygens (including phenoxy) is 1. The molecule has 0 bridgehead atoms. The van der Waals surface area contributed by atoms with Crippen LogP contribution in [0.1, 0.15) is 43.5 Å². The summed E-state index contributed by atoms with van der Waals surface area (Å²) in [7, 11) is 1.61. The van der Waals surface area contributed by atoms with Crippen molar-refractivity contribution in [3.8, 4) is 5.75 Å². The van der Waals surface area contributed by atoms with E-state index in [-0.39, 0.29) is 30.3 Å². The summed E-state index contributed by atoms with van der Waals surface area (Å²) >= 11 is 3.45. The van der Waals surface area contributed by atoms with E-state index >= 15 is 0 Å². The Hall–Kier alpha value is -2.34. The smallest absolute Gasteiger partial charge is 0.222 e. The van der Waals surface area contributed by atoms with E-state index in [0.29, 0.717) is 0 Å². The average Bonchev–Trinajstić information content (AvgIpc) is 2.61. The van der Waals surface area contributed by atoms with E-state index in [0.717, 1.165) is 21.3 Å². The summed E-state index contributed by atoms with van der Waals surface area (Å²) in [5, 5.41) is 5.82. The first-order valence-corrected chi connectivity index (χ1v) is 9.15. The monoisotopic (exact) mass is 418 g/mol. The highest BCUT2D eigenvalue weighted by molar-refractivity contribution is 9.10. The number of rotatable bonds is 7. The lowest BCUT2D eigenvalue weighted by Gasteiger charge is -2.20. The van der Waals surface area contributed by atoms with Crippen molar-refractivity contribution >= 4 is 27.7 Å². The first kappa shape index (κ1) is 20.0. The van der Waals surface area contributed by atoms with E-state index < -0.39 is 0 Å². The number of nitrogens with one attached hydrogen (secondary N) is 2. The van der Waals surface area contributed by atoms with Crippen molar-refractivity contribution in [2.24, 2.45) is 0 Å². The molecule has 0 heterocycles. The lowest BCUT2D eigenvalue weighted by atomic mass is 10.0. The summed E-state index contributed by atoms with van der Waals surface area (Å²) in [6, 6.07) is 14.6. The molecule has 2 atom stereocenters. The van der Waals surface area contributed by atoms with Crippen LogP contribution in [-0.2, 0) is 9.59 Å². The second-order valence-electron chi connectivity index (χ2n) is 6.05. The van der Waals surface area contributed by atoms with Gasteiger partial charge in [0.15, 0.2) is 0 Å². The molecule has 0 saturated heterocycles. The Balaban J connectivity index is 2.05. The number of carbonyl (C=O) groups is 2. The van der Waals surface area contributed by atoms with E-state index in [2.05, 4.69) is 26.6 Å². The highest BCUT2D eigenvalue weighted by atomic mass is 79.9. The standard InChI is InChI=1S/C20H23BrN2O3/c1-13(16-9-10-19(26-3)17(21)11-16)22-20(25)12-18(23-14(2)24)15-7-5-4-6-8-15/h4-11,13,18H,12H2,1-3H3,(H,22,25)(H,23,24)/t13-,18-/m0/s1. The van der Waals surface area contributed by atoms with Crippen molar-refractivity contribution in [2.75, 3.05) is 7.11 Å². The average molecular weight is 419 g/mol. The van der Waals surface area contributed by atoms with Crippen LogP contribution < -0.4 is 15.4 Å². The van der Waals surface area contributed by atoms with E-state index in [1.54, 1.807) is 7.11 Å². The van der Waals surface area contributed by atoms with Crippen molar-refractivity contribution in [1.82, 2.24) is 10.6 Å². The second-order valence-corrected chi connectivity index (χ2v) is 6.91. The molecule has 2 N–H and O–H groups in total. The van der Waals surface area contributed by atoms with Gasteiger partial charge in [-0.25, -0.2) is 0 Å². The summed E-state index contributed by atoms with van der Waals surface area (Å²) in [6.45, 7) is 3.37. The van der Waals surface area contributed by atoms with Crippen LogP contribution in [0.4, 0.5) is 0 Å². The molecule has 2 aromatic rings. The zero-order chi connectivity index (χ0) is 19.1. The lowest BCUT2D eigenvalue weighted by Crippen LogP contribution is -2.33. The maximum Gasteiger partial charge on any atom is 0.222 e. The van der Waals surface area contributed by atoms with Gasteiger partial charge in [0.1, 0.15) is 5.75 Å². The molecule has 26 heavy (non-hydrogen) atoms. The fourth-order valence-corrected chi connectivity index (χ4v) is 3.26. The van der Waals surface area contributed by atoms with Gasteiger partial charge in [0, 0.05) is 6.92 Å². The molecule has 6 heteroatoms. The van der Waals surface area contributed by atoms with Gasteiger partial charge in [0.05, 0.1) is 30.1 Å². The molecule has 0 unspecified atom stereocenters. The first-order valence-electron chi connectivity index (χ1n) is 8.35. The van der Waals surface area contributed by atoms with Crippen LogP contribution in [-0.4, -0.2) is 18.9 Å². The van der Waals surface area contributed by atoms with Crippen molar-refractivity contribution in [3.63, 3.8) is 0 Å². The van der Waals surface area contributed by atoms with Gasteiger partial charge >= 0.3 is 0 Å². The minimum Gasteiger partial charge on any atom is -0.496 e. The van der Waals surface area contributed by atoms with Gasteiger partial charge in [0.2, 0.25) is 11.8 Å². The van der Waals surface area contributed by atoms with Crippen molar-refractivity contribution in [3.05, 3.63) is 64.1 Å². The van der Waals surface area contributed by atoms with Gasteiger partial charge in [-0.05, 0) is 46.1 Å². The lowest BCUT2D eigenvalue weighted by molar-refractivity contribution is -0.123. The highest BCUT2D eigenvalue weighted by Gasteiger charge is 2.19. The minimum absolute atomic E-state index is 0.132. The number of hydrogen-bond acceptors (Lipinski definition) is 3. The normalized spacial score (nSPS) is 12.8. The highest BCUT2D eigenvalue weighted by Crippen LogP contribution is 2.28. The number of halogens is 1. The maximum absolute atomic E-state index is 12.5. The minimum atomic E-state index is -0.358. The molecule has 0 fully saturated rings. The molecule has 0 aliphatic heterocycles. The summed E-state index contributed by atoms with van der Waals surface area (Å²) in [5.41, 5.74) is 1.86. The third kappa shape index (κ3) is 5.59. The molecule has 2 aromatic carbocycles. The molecule has 138 valence electrons. The van der Waals surface area contributed by atoms with Crippen LogP contribution in [0.2, 0.25) is 0 Å². The number of hydrogen-bond donors (Lipinski definition) is 2. The molecule has 5 nitrogen and oxygen atoms in total. The predicted octanol–water partition coefficient (Wildman–Crippen LogP) is 3.90. The fourth-order valence-electron chi connectivity index (χ4n) is 2.70. The van der Waals surface area contributed by atoms with Crippen LogP contribution >= 0.6 is 15.9 Å². The maximum atomic E-state index is 12.5. The third-order valence-electron chi connectivity index (χ3n) is 4.02. The van der Waals surface area contributed by atoms with Crippen LogP contribution in [0.5, 0.6) is 5.75 Å². The quantitative estimate of drug-likeness (QED) is 0.716. The Morgan fingerprint density at radius 2 is 1.77 bits per heavy atom. The largest absolute Gasteiger partial charge is 0.496 e. The van der Waals surface area contributed by atoms with Gasteiger partial charge in [-0.3, -0.25) is 9.59 Å². The predicted molar refractivity (Wildman–Crippen MR) is 105 cm³/mol. The number of benzene rings is 2. The Morgan fingerprint density at radius 3 is 2.35 bits per heavy atom. The Labute approximate surface area is 162 Å². The first-order chi connectivity index (χ1) is 12.4. The van der Waals surface area contributed by atoms with Crippen molar-refractivity contribution in [2.45, 2.75) is 32.4 Å². The summed E-state index contributed by atoms with van der Waals surface area (Å²) in [4.78, 5) is 24.0. The van der Waals surface area contributed by atoms with Crippen LogP contribution in [0.25, 0.3) is 0 Å². The number of amides is 2. The van der Waals surface area contributed by atoms with E-state index in [1.807, 2.05) is 55.5 Å². The Morgan fingerprint density at radius 1 is 1.08 bits per heavy atom. The fraction of sp³-hybridized carbons (Fsp3) is 0.300. The van der Waals surface area contributed by atoms with Crippen molar-refractivity contribution < 1.29 is 14.3 Å². The summed E-state index contributed by atoms with van der Waals surface area (Å²) in [6.07, 6.45) is 0.172. The van der Waals surface area contributed by atoms with E-state index in [1.165, 1.54) is 6.92 Å². The molecule has 0 aliphatic carbocycles. The molecule has 0 radical (unpaired) electrons. The van der Waals surface area contributed by atoms with E-state index in [9.17, 15) is 9.59 Å². The van der Waals surface area contributed by atoms with Gasteiger partial charge in [-0.1, -0.05) is 36.4 Å².